The topological polar surface area (TPSA) is 93.1 Å². The number of fused-ring (bicyclic) bond motifs is 2. The lowest BCUT2D eigenvalue weighted by Crippen LogP contribution is -2.61. The molecule has 0 aliphatic carbocycles. The van der Waals surface area contributed by atoms with Crippen LogP contribution >= 0.6 is 0 Å². The van der Waals surface area contributed by atoms with Crippen molar-refractivity contribution >= 4 is 17.8 Å². The van der Waals surface area contributed by atoms with Crippen LogP contribution in [-0.4, -0.2) is 59.3 Å². The Hall–Kier alpha value is -1.47. The summed E-state index contributed by atoms with van der Waals surface area (Å²) < 4.78 is 10.5. The summed E-state index contributed by atoms with van der Waals surface area (Å²) >= 11 is 0. The zero-order chi connectivity index (χ0) is 13.8. The molecular formula is C12H15NO6. The normalized spacial score (nSPS) is 41.9. The van der Waals surface area contributed by atoms with Crippen molar-refractivity contribution < 1.29 is 29.0 Å². The first-order chi connectivity index (χ1) is 8.95. The van der Waals surface area contributed by atoms with Gasteiger partial charge in [0, 0.05) is 0 Å². The van der Waals surface area contributed by atoms with Gasteiger partial charge in [0.05, 0.1) is 19.3 Å². The Morgan fingerprint density at radius 1 is 1.32 bits per heavy atom. The smallest absolute Gasteiger partial charge is 0.313 e. The molecule has 4 unspecified atom stereocenters. The summed E-state index contributed by atoms with van der Waals surface area (Å²) in [5, 5.41) is 9.33. The van der Waals surface area contributed by atoms with Gasteiger partial charge in [-0.05, 0) is 19.8 Å². The lowest BCUT2D eigenvalue weighted by Gasteiger charge is -2.38. The first kappa shape index (κ1) is 12.6. The van der Waals surface area contributed by atoms with Crippen LogP contribution in [0.3, 0.4) is 0 Å². The standard InChI is InChI=1S/C12H15NO6/c1-12(11(16)17)5-18-4-8(12)13-9(14)6-2-3-7(19-6)10(13)15/h6-8H,2-5H2,1H3,(H,16,17). The van der Waals surface area contributed by atoms with E-state index in [0.717, 1.165) is 4.90 Å². The van der Waals surface area contributed by atoms with Crippen LogP contribution in [0.5, 0.6) is 0 Å². The van der Waals surface area contributed by atoms with Crippen molar-refractivity contribution in [2.75, 3.05) is 13.2 Å². The third kappa shape index (κ3) is 1.61. The second-order valence-corrected chi connectivity index (χ2v) is 5.49. The van der Waals surface area contributed by atoms with Gasteiger partial charge in [-0.25, -0.2) is 0 Å². The van der Waals surface area contributed by atoms with Gasteiger partial charge in [-0.15, -0.1) is 0 Å². The highest BCUT2D eigenvalue weighted by molar-refractivity contribution is 6.03. The van der Waals surface area contributed by atoms with Gasteiger partial charge in [0.1, 0.15) is 17.6 Å². The number of nitrogens with zero attached hydrogens (tertiary/aromatic N) is 1. The van der Waals surface area contributed by atoms with E-state index in [9.17, 15) is 19.5 Å². The number of morpholine rings is 1. The minimum Gasteiger partial charge on any atom is -0.481 e. The maximum Gasteiger partial charge on any atom is 0.313 e. The first-order valence-corrected chi connectivity index (χ1v) is 6.28. The Morgan fingerprint density at radius 3 is 2.42 bits per heavy atom. The minimum absolute atomic E-state index is 0.000248. The Morgan fingerprint density at radius 2 is 1.89 bits per heavy atom. The fraction of sp³-hybridized carbons (Fsp3) is 0.750. The van der Waals surface area contributed by atoms with Gasteiger partial charge >= 0.3 is 5.97 Å². The molecule has 2 bridgehead atoms. The van der Waals surface area contributed by atoms with Crippen molar-refractivity contribution in [2.45, 2.75) is 38.0 Å². The fourth-order valence-electron chi connectivity index (χ4n) is 2.95. The van der Waals surface area contributed by atoms with Gasteiger partial charge in [-0.1, -0.05) is 0 Å². The number of carbonyl (C=O) groups excluding carboxylic acids is 2. The number of hydrogen-bond acceptors (Lipinski definition) is 5. The highest BCUT2D eigenvalue weighted by Gasteiger charge is 2.57. The van der Waals surface area contributed by atoms with Crippen molar-refractivity contribution in [1.82, 2.24) is 4.90 Å². The third-order valence-corrected chi connectivity index (χ3v) is 4.26. The molecule has 0 radical (unpaired) electrons. The number of imide groups is 1. The molecule has 3 aliphatic rings. The predicted octanol–water partition coefficient (Wildman–Crippen LogP) is -0.607. The fourth-order valence-corrected chi connectivity index (χ4v) is 2.95. The van der Waals surface area contributed by atoms with Gasteiger partial charge < -0.3 is 14.6 Å². The minimum atomic E-state index is -1.25. The van der Waals surface area contributed by atoms with E-state index in [1.807, 2.05) is 0 Å². The van der Waals surface area contributed by atoms with E-state index < -0.39 is 41.4 Å². The van der Waals surface area contributed by atoms with Crippen molar-refractivity contribution in [3.05, 3.63) is 0 Å². The number of ether oxygens (including phenoxy) is 2. The van der Waals surface area contributed by atoms with E-state index in [1.165, 1.54) is 6.92 Å². The van der Waals surface area contributed by atoms with Crippen LogP contribution in [0.25, 0.3) is 0 Å². The Labute approximate surface area is 109 Å². The molecule has 0 aromatic rings. The molecule has 104 valence electrons. The molecule has 1 N–H and O–H groups in total. The number of likely N-dealkylation sites (tertiary alicyclic amines) is 1. The Bertz CT molecular complexity index is 441. The van der Waals surface area contributed by atoms with Gasteiger partial charge in [0.25, 0.3) is 11.8 Å². The molecule has 0 spiro atoms. The number of rotatable bonds is 2. The third-order valence-electron chi connectivity index (χ3n) is 4.26. The number of amides is 2. The van der Waals surface area contributed by atoms with Crippen LogP contribution in [0.15, 0.2) is 0 Å². The molecule has 7 nitrogen and oxygen atoms in total. The molecular weight excluding hydrogens is 254 g/mol. The van der Waals surface area contributed by atoms with E-state index >= 15 is 0 Å². The van der Waals surface area contributed by atoms with Gasteiger partial charge in [-0.3, -0.25) is 19.3 Å². The molecule has 4 atom stereocenters. The molecule has 7 heteroatoms. The molecule has 3 heterocycles. The Kier molecular flexibility index (Phi) is 2.65. The van der Waals surface area contributed by atoms with E-state index in [2.05, 4.69) is 0 Å². The largest absolute Gasteiger partial charge is 0.481 e. The van der Waals surface area contributed by atoms with Crippen LogP contribution < -0.4 is 0 Å². The lowest BCUT2D eigenvalue weighted by atomic mass is 9.84. The monoisotopic (exact) mass is 269 g/mol. The average Bonchev–Trinajstić information content (AvgIpc) is 2.95. The van der Waals surface area contributed by atoms with E-state index in [0.29, 0.717) is 12.8 Å². The summed E-state index contributed by atoms with van der Waals surface area (Å²) in [5.74, 6) is -1.92. The summed E-state index contributed by atoms with van der Waals surface area (Å²) in [6.07, 6.45) is -0.186. The molecule has 3 aliphatic heterocycles. The van der Waals surface area contributed by atoms with Gasteiger partial charge in [0.2, 0.25) is 0 Å². The zero-order valence-electron chi connectivity index (χ0n) is 10.5. The molecule has 3 fully saturated rings. The predicted molar refractivity (Wildman–Crippen MR) is 60.1 cm³/mol. The van der Waals surface area contributed by atoms with Crippen molar-refractivity contribution in [2.24, 2.45) is 5.41 Å². The molecule has 0 saturated carbocycles. The van der Waals surface area contributed by atoms with Crippen LogP contribution in [0.2, 0.25) is 0 Å². The van der Waals surface area contributed by atoms with Gasteiger partial charge in [0.15, 0.2) is 0 Å². The number of hydrogen-bond donors (Lipinski definition) is 1. The summed E-state index contributed by atoms with van der Waals surface area (Å²) in [6, 6.07) is -0.753. The second kappa shape index (κ2) is 4.01. The molecule has 2 amide bonds. The number of carbonyl (C=O) groups is 3. The molecule has 0 aromatic heterocycles. The maximum absolute atomic E-state index is 12.2. The van der Waals surface area contributed by atoms with Crippen LogP contribution in [0.4, 0.5) is 0 Å². The number of aliphatic carboxylic acids is 1. The van der Waals surface area contributed by atoms with Crippen LogP contribution in [-0.2, 0) is 23.9 Å². The lowest BCUT2D eigenvalue weighted by molar-refractivity contribution is -0.175. The Balaban J connectivity index is 1.95. The van der Waals surface area contributed by atoms with E-state index in [-0.39, 0.29) is 13.2 Å². The number of carboxylic acid groups (broad SMARTS) is 1. The van der Waals surface area contributed by atoms with Crippen LogP contribution in [0, 0.1) is 5.41 Å². The van der Waals surface area contributed by atoms with E-state index in [4.69, 9.17) is 9.47 Å². The highest BCUT2D eigenvalue weighted by Crippen LogP contribution is 2.37. The quantitative estimate of drug-likeness (QED) is 0.672. The first-order valence-electron chi connectivity index (χ1n) is 6.28. The summed E-state index contributed by atoms with van der Waals surface area (Å²) in [5.41, 5.74) is -1.25. The second-order valence-electron chi connectivity index (χ2n) is 5.49. The van der Waals surface area contributed by atoms with E-state index in [1.54, 1.807) is 0 Å². The zero-order valence-corrected chi connectivity index (χ0v) is 10.5. The summed E-state index contributed by atoms with van der Waals surface area (Å²) in [6.45, 7) is 1.57. The molecule has 3 rings (SSSR count). The van der Waals surface area contributed by atoms with Gasteiger partial charge in [-0.2, -0.15) is 0 Å². The van der Waals surface area contributed by atoms with Crippen LogP contribution in [0.1, 0.15) is 19.8 Å². The van der Waals surface area contributed by atoms with Crippen molar-refractivity contribution in [3.8, 4) is 0 Å². The van der Waals surface area contributed by atoms with Crippen molar-refractivity contribution in [3.63, 3.8) is 0 Å². The SMILES string of the molecule is CC1(C(=O)O)COCC1N1C(=O)C2CCC(O2)C1=O. The molecule has 3 saturated heterocycles. The molecule has 0 aromatic carbocycles. The average molecular weight is 269 g/mol. The highest BCUT2D eigenvalue weighted by atomic mass is 16.5. The summed E-state index contributed by atoms with van der Waals surface area (Å²) in [7, 11) is 0. The maximum atomic E-state index is 12.2. The molecule has 19 heavy (non-hydrogen) atoms. The summed E-state index contributed by atoms with van der Waals surface area (Å²) in [4.78, 5) is 36.9. The number of carboxylic acids is 1. The van der Waals surface area contributed by atoms with Crippen molar-refractivity contribution in [1.29, 1.82) is 0 Å².